The van der Waals surface area contributed by atoms with Gasteiger partial charge in [-0.3, -0.25) is 0 Å². The predicted octanol–water partition coefficient (Wildman–Crippen LogP) is 4.54. The lowest BCUT2D eigenvalue weighted by atomic mass is 10.1. The van der Waals surface area contributed by atoms with Gasteiger partial charge in [-0.05, 0) is 11.6 Å². The minimum atomic E-state index is 0.994. The van der Waals surface area contributed by atoms with E-state index in [1.54, 1.807) is 0 Å². The molecule has 2 aromatic carbocycles. The summed E-state index contributed by atoms with van der Waals surface area (Å²) in [6.45, 7) is 0. The number of para-hydroxylation sites is 2. The Labute approximate surface area is 107 Å². The van der Waals surface area contributed by atoms with Gasteiger partial charge >= 0.3 is 0 Å². The Hall–Kier alpha value is -1.54. The monoisotopic (exact) mass is 283 g/mol. The Balaban J connectivity index is 2.36. The lowest BCUT2D eigenvalue weighted by Crippen LogP contribution is -1.99. The highest BCUT2D eigenvalue weighted by Gasteiger charge is 2.16. The molecule has 17 heavy (non-hydrogen) atoms. The van der Waals surface area contributed by atoms with Crippen LogP contribution in [0.5, 0.6) is 0 Å². The highest BCUT2D eigenvalue weighted by Crippen LogP contribution is 2.36. The van der Waals surface area contributed by atoms with Crippen LogP contribution in [0.15, 0.2) is 46.9 Å². The van der Waals surface area contributed by atoms with Crippen LogP contribution in [0.1, 0.15) is 5.56 Å². The summed E-state index contributed by atoms with van der Waals surface area (Å²) in [4.78, 5) is 0. The maximum Gasteiger partial charge on any atom is 0.0570 e. The topological polar surface area (TPSA) is 4.93 Å². The molecule has 0 saturated heterocycles. The molecule has 1 aliphatic heterocycles. The third-order valence-electron chi connectivity index (χ3n) is 3.44. The number of benzene rings is 2. The maximum atomic E-state index is 3.63. The van der Waals surface area contributed by atoms with Crippen molar-refractivity contribution in [3.8, 4) is 0 Å². The second kappa shape index (κ2) is 3.23. The Morgan fingerprint density at radius 3 is 2.71 bits per heavy atom. The van der Waals surface area contributed by atoms with Gasteiger partial charge in [0.2, 0.25) is 0 Å². The van der Waals surface area contributed by atoms with Crippen LogP contribution in [0.25, 0.3) is 28.0 Å². The maximum absolute atomic E-state index is 3.63. The predicted molar refractivity (Wildman–Crippen MR) is 76.3 cm³/mol. The number of fused-ring (bicyclic) bond motifs is 3. The lowest BCUT2D eigenvalue weighted by molar-refractivity contribution is 1.16. The van der Waals surface area contributed by atoms with Crippen LogP contribution in [-0.2, 0) is 6.42 Å². The van der Waals surface area contributed by atoms with Crippen LogP contribution < -0.4 is 0 Å². The minimum absolute atomic E-state index is 0.994. The zero-order valence-corrected chi connectivity index (χ0v) is 10.7. The number of hydrogen-bond donors (Lipinski definition) is 0. The van der Waals surface area contributed by atoms with Gasteiger partial charge in [0.15, 0.2) is 0 Å². The van der Waals surface area contributed by atoms with Crippen molar-refractivity contribution in [2.75, 3.05) is 0 Å². The first kappa shape index (κ1) is 9.49. The van der Waals surface area contributed by atoms with E-state index in [1.807, 2.05) is 0 Å². The van der Waals surface area contributed by atoms with Gasteiger partial charge in [-0.2, -0.15) is 0 Å². The molecule has 0 amide bonds. The Morgan fingerprint density at radius 1 is 0.941 bits per heavy atom. The van der Waals surface area contributed by atoms with E-state index in [0.29, 0.717) is 0 Å². The lowest BCUT2D eigenvalue weighted by Gasteiger charge is -2.13. The second-order valence-corrected chi connectivity index (χ2v) is 5.47. The number of halogens is 1. The van der Waals surface area contributed by atoms with Crippen molar-refractivity contribution in [2.24, 2.45) is 0 Å². The number of aromatic nitrogens is 1. The van der Waals surface area contributed by atoms with Crippen LogP contribution in [0.4, 0.5) is 0 Å². The van der Waals surface area contributed by atoms with Crippen LogP contribution in [0.3, 0.4) is 0 Å². The average molecular weight is 284 g/mol. The van der Waals surface area contributed by atoms with E-state index in [-0.39, 0.29) is 0 Å². The quantitative estimate of drug-likeness (QED) is 0.571. The molecule has 2 heterocycles. The third-order valence-corrected chi connectivity index (χ3v) is 3.93. The molecule has 0 bridgehead atoms. The summed E-state index contributed by atoms with van der Waals surface area (Å²) in [6.07, 6.45) is 3.19. The van der Waals surface area contributed by atoms with E-state index in [1.165, 1.54) is 31.9 Å². The van der Waals surface area contributed by atoms with Gasteiger partial charge in [-0.1, -0.05) is 52.3 Å². The van der Waals surface area contributed by atoms with Crippen LogP contribution in [-0.4, -0.2) is 4.57 Å². The first-order valence-corrected chi connectivity index (χ1v) is 6.50. The molecule has 82 valence electrons. The molecule has 0 unspecified atom stereocenters. The number of rotatable bonds is 0. The van der Waals surface area contributed by atoms with Gasteiger partial charge in [0.1, 0.15) is 0 Å². The Bertz CT molecular complexity index is 780. The molecule has 0 spiro atoms. The zero-order valence-electron chi connectivity index (χ0n) is 9.15. The molecule has 0 saturated carbocycles. The molecule has 1 aromatic heterocycles. The average Bonchev–Trinajstić information content (AvgIpc) is 2.67. The van der Waals surface area contributed by atoms with Crippen molar-refractivity contribution >= 4 is 43.9 Å². The van der Waals surface area contributed by atoms with Crippen molar-refractivity contribution in [3.05, 3.63) is 52.5 Å². The molecule has 1 nitrogen and oxygen atoms in total. The fourth-order valence-corrected chi connectivity index (χ4v) is 3.28. The minimum Gasteiger partial charge on any atom is -0.315 e. The molecule has 0 radical (unpaired) electrons. The number of nitrogens with zero attached hydrogens (tertiary/aromatic N) is 1. The summed E-state index contributed by atoms with van der Waals surface area (Å²) >= 11 is 3.63. The second-order valence-electron chi connectivity index (χ2n) is 4.45. The third kappa shape index (κ3) is 1.19. The molecule has 3 aromatic rings. The van der Waals surface area contributed by atoms with Crippen molar-refractivity contribution in [1.29, 1.82) is 0 Å². The molecule has 0 N–H and O–H groups in total. The van der Waals surface area contributed by atoms with Gasteiger partial charge in [-0.15, -0.1) is 0 Å². The van der Waals surface area contributed by atoms with E-state index in [0.717, 1.165) is 6.42 Å². The first-order chi connectivity index (χ1) is 8.34. The van der Waals surface area contributed by atoms with E-state index in [2.05, 4.69) is 69.2 Å². The fourth-order valence-electron chi connectivity index (χ4n) is 2.77. The summed E-state index contributed by atoms with van der Waals surface area (Å²) in [6, 6.07) is 15.2. The summed E-state index contributed by atoms with van der Waals surface area (Å²) in [7, 11) is 0. The number of hydrogen-bond acceptors (Lipinski definition) is 0. The van der Waals surface area contributed by atoms with Crippen molar-refractivity contribution in [3.63, 3.8) is 0 Å². The van der Waals surface area contributed by atoms with Gasteiger partial charge in [0, 0.05) is 27.9 Å². The summed E-state index contributed by atoms with van der Waals surface area (Å²) in [5, 5.41) is 2.69. The Morgan fingerprint density at radius 2 is 1.76 bits per heavy atom. The Kier molecular flexibility index (Phi) is 1.80. The highest BCUT2D eigenvalue weighted by atomic mass is 79.9. The molecule has 4 rings (SSSR count). The van der Waals surface area contributed by atoms with Crippen molar-refractivity contribution < 1.29 is 0 Å². The van der Waals surface area contributed by atoms with Gasteiger partial charge in [0.05, 0.1) is 11.0 Å². The molecule has 2 heteroatoms. The van der Waals surface area contributed by atoms with E-state index in [4.69, 9.17) is 0 Å². The molecular weight excluding hydrogens is 274 g/mol. The summed E-state index contributed by atoms with van der Waals surface area (Å²) in [5.74, 6) is 0. The molecular formula is C15H10BrN. The van der Waals surface area contributed by atoms with Crippen molar-refractivity contribution in [2.45, 2.75) is 6.42 Å². The van der Waals surface area contributed by atoms with Gasteiger partial charge < -0.3 is 4.57 Å². The molecule has 0 aliphatic carbocycles. The summed E-state index contributed by atoms with van der Waals surface area (Å²) in [5.41, 5.74) is 4.04. The molecule has 0 atom stereocenters. The molecule has 1 aliphatic rings. The van der Waals surface area contributed by atoms with Crippen LogP contribution in [0, 0.1) is 0 Å². The largest absolute Gasteiger partial charge is 0.315 e. The SMILES string of the molecule is BrC1=Cn2c3ccccc3c3cccc(c32)C1. The number of allylic oxidation sites excluding steroid dienone is 1. The van der Waals surface area contributed by atoms with E-state index < -0.39 is 0 Å². The summed E-state index contributed by atoms with van der Waals surface area (Å²) < 4.78 is 3.53. The normalized spacial score (nSPS) is 14.3. The van der Waals surface area contributed by atoms with E-state index in [9.17, 15) is 0 Å². The van der Waals surface area contributed by atoms with Gasteiger partial charge in [-0.25, -0.2) is 0 Å². The standard InChI is InChI=1S/C15H10BrN/c16-11-8-10-4-3-6-13-12-5-1-2-7-14(12)17(9-11)15(10)13/h1-7,9H,8H2. The van der Waals surface area contributed by atoms with Gasteiger partial charge in [0.25, 0.3) is 0 Å². The van der Waals surface area contributed by atoms with Crippen LogP contribution >= 0.6 is 15.9 Å². The molecule has 0 fully saturated rings. The van der Waals surface area contributed by atoms with Crippen LogP contribution in [0.2, 0.25) is 0 Å². The highest BCUT2D eigenvalue weighted by molar-refractivity contribution is 9.11. The first-order valence-electron chi connectivity index (χ1n) is 5.71. The smallest absolute Gasteiger partial charge is 0.0570 e. The van der Waals surface area contributed by atoms with Crippen molar-refractivity contribution in [1.82, 2.24) is 4.57 Å². The zero-order chi connectivity index (χ0) is 11.4. The fraction of sp³-hybridized carbons (Fsp3) is 0.0667. The van der Waals surface area contributed by atoms with E-state index >= 15 is 0 Å².